The summed E-state index contributed by atoms with van der Waals surface area (Å²) in [6.07, 6.45) is 1.75. The molecule has 6 heteroatoms. The van der Waals surface area contributed by atoms with Crippen molar-refractivity contribution in [1.29, 1.82) is 0 Å². The van der Waals surface area contributed by atoms with E-state index in [9.17, 15) is 9.59 Å². The zero-order chi connectivity index (χ0) is 15.3. The van der Waals surface area contributed by atoms with E-state index in [1.165, 1.54) is 0 Å². The molecule has 1 aliphatic rings. The number of carbonyl (C=O) groups is 2. The molecule has 0 bridgehead atoms. The summed E-state index contributed by atoms with van der Waals surface area (Å²) in [5.41, 5.74) is -0.497. The van der Waals surface area contributed by atoms with E-state index in [-0.39, 0.29) is 11.9 Å². The van der Waals surface area contributed by atoms with Crippen molar-refractivity contribution in [3.8, 4) is 0 Å². The highest BCUT2D eigenvalue weighted by Crippen LogP contribution is 2.18. The summed E-state index contributed by atoms with van der Waals surface area (Å²) in [6.45, 7) is 8.22. The molecule has 0 aromatic rings. The van der Waals surface area contributed by atoms with Gasteiger partial charge in [0, 0.05) is 18.6 Å². The number of alkyl carbamates (subject to hydrolysis) is 1. The second kappa shape index (κ2) is 6.92. The van der Waals surface area contributed by atoms with Gasteiger partial charge in [0.15, 0.2) is 0 Å². The molecule has 0 aromatic heterocycles. The van der Waals surface area contributed by atoms with Crippen LogP contribution >= 0.6 is 0 Å². The van der Waals surface area contributed by atoms with Crippen LogP contribution in [-0.4, -0.2) is 54.7 Å². The van der Waals surface area contributed by atoms with Crippen LogP contribution < -0.4 is 10.6 Å². The quantitative estimate of drug-likeness (QED) is 0.767. The van der Waals surface area contributed by atoms with Crippen molar-refractivity contribution in [3.05, 3.63) is 0 Å². The van der Waals surface area contributed by atoms with Crippen molar-refractivity contribution >= 4 is 12.0 Å². The number of ether oxygens (including phenoxy) is 1. The molecule has 1 unspecified atom stereocenters. The topological polar surface area (TPSA) is 70.7 Å². The van der Waals surface area contributed by atoms with Crippen LogP contribution in [0.1, 0.15) is 40.5 Å². The van der Waals surface area contributed by atoms with Gasteiger partial charge in [0.05, 0.1) is 6.54 Å². The number of rotatable bonds is 6. The lowest BCUT2D eigenvalue weighted by Crippen LogP contribution is -2.45. The van der Waals surface area contributed by atoms with Gasteiger partial charge in [-0.25, -0.2) is 4.79 Å². The number of hydrogen-bond acceptors (Lipinski definition) is 4. The number of hydrogen-bond donors (Lipinski definition) is 2. The summed E-state index contributed by atoms with van der Waals surface area (Å²) < 4.78 is 5.16. The molecule has 6 nitrogen and oxygen atoms in total. The van der Waals surface area contributed by atoms with E-state index in [0.29, 0.717) is 19.1 Å². The second-order valence-electron chi connectivity index (χ2n) is 6.49. The Morgan fingerprint density at radius 1 is 1.35 bits per heavy atom. The SMILES string of the molecule is CC(CNC(=O)OC(C)(C)C)N(C)CC(=O)NC1CC1. The zero-order valence-corrected chi connectivity index (χ0v) is 13.2. The Morgan fingerprint density at radius 3 is 2.45 bits per heavy atom. The summed E-state index contributed by atoms with van der Waals surface area (Å²) >= 11 is 0. The Hall–Kier alpha value is -1.30. The van der Waals surface area contributed by atoms with E-state index in [1.807, 2.05) is 39.6 Å². The summed E-state index contributed by atoms with van der Waals surface area (Å²) in [7, 11) is 1.87. The predicted molar refractivity (Wildman–Crippen MR) is 77.5 cm³/mol. The standard InChI is InChI=1S/C14H27N3O3/c1-10(8-15-13(19)20-14(2,3)4)17(5)9-12(18)16-11-6-7-11/h10-11H,6-9H2,1-5H3,(H,15,19)(H,16,18). The van der Waals surface area contributed by atoms with Crippen molar-refractivity contribution in [2.75, 3.05) is 20.1 Å². The third-order valence-electron chi connectivity index (χ3n) is 3.03. The minimum absolute atomic E-state index is 0.0409. The highest BCUT2D eigenvalue weighted by molar-refractivity contribution is 5.78. The Kier molecular flexibility index (Phi) is 5.80. The molecule has 0 saturated heterocycles. The number of nitrogens with zero attached hydrogens (tertiary/aromatic N) is 1. The first-order valence-electron chi connectivity index (χ1n) is 7.14. The van der Waals surface area contributed by atoms with Crippen LogP contribution in [0.3, 0.4) is 0 Å². The molecular formula is C14H27N3O3. The molecular weight excluding hydrogens is 258 g/mol. The van der Waals surface area contributed by atoms with E-state index in [4.69, 9.17) is 4.74 Å². The summed E-state index contributed by atoms with van der Waals surface area (Å²) in [4.78, 5) is 25.1. The molecule has 1 saturated carbocycles. The van der Waals surface area contributed by atoms with E-state index in [0.717, 1.165) is 12.8 Å². The fourth-order valence-corrected chi connectivity index (χ4v) is 1.58. The number of amides is 2. The lowest BCUT2D eigenvalue weighted by atomic mass is 10.2. The Labute approximate surface area is 121 Å². The maximum atomic E-state index is 11.7. The third-order valence-corrected chi connectivity index (χ3v) is 3.03. The second-order valence-corrected chi connectivity index (χ2v) is 6.49. The zero-order valence-electron chi connectivity index (χ0n) is 13.2. The van der Waals surface area contributed by atoms with Gasteiger partial charge in [-0.1, -0.05) is 0 Å². The van der Waals surface area contributed by atoms with Crippen molar-refractivity contribution in [2.24, 2.45) is 0 Å². The van der Waals surface area contributed by atoms with Gasteiger partial charge in [0.25, 0.3) is 0 Å². The maximum Gasteiger partial charge on any atom is 0.407 e. The van der Waals surface area contributed by atoms with Crippen LogP contribution in [0.2, 0.25) is 0 Å². The van der Waals surface area contributed by atoms with Crippen molar-refractivity contribution in [3.63, 3.8) is 0 Å². The number of likely N-dealkylation sites (N-methyl/N-ethyl adjacent to an activating group) is 1. The minimum atomic E-state index is -0.497. The van der Waals surface area contributed by atoms with Crippen LogP contribution in [0, 0.1) is 0 Å². The van der Waals surface area contributed by atoms with Gasteiger partial charge in [-0.2, -0.15) is 0 Å². The molecule has 116 valence electrons. The van der Waals surface area contributed by atoms with Crippen LogP contribution in [-0.2, 0) is 9.53 Å². The van der Waals surface area contributed by atoms with Crippen molar-refractivity contribution in [1.82, 2.24) is 15.5 Å². The molecule has 0 aromatic carbocycles. The van der Waals surface area contributed by atoms with Crippen molar-refractivity contribution in [2.45, 2.75) is 58.2 Å². The molecule has 20 heavy (non-hydrogen) atoms. The minimum Gasteiger partial charge on any atom is -0.444 e. The molecule has 2 amide bonds. The smallest absolute Gasteiger partial charge is 0.407 e. The molecule has 0 radical (unpaired) electrons. The Balaban J connectivity index is 2.21. The normalized spacial score (nSPS) is 16.7. The monoisotopic (exact) mass is 285 g/mol. The fourth-order valence-electron chi connectivity index (χ4n) is 1.58. The van der Waals surface area contributed by atoms with Crippen LogP contribution in [0.4, 0.5) is 4.79 Å². The molecule has 1 fully saturated rings. The van der Waals surface area contributed by atoms with Gasteiger partial charge in [0.1, 0.15) is 5.60 Å². The lowest BCUT2D eigenvalue weighted by Gasteiger charge is -2.25. The van der Waals surface area contributed by atoms with E-state index >= 15 is 0 Å². The van der Waals surface area contributed by atoms with Gasteiger partial charge in [-0.3, -0.25) is 9.69 Å². The highest BCUT2D eigenvalue weighted by Gasteiger charge is 2.24. The predicted octanol–water partition coefficient (Wildman–Crippen LogP) is 1.11. The first kappa shape index (κ1) is 16.8. The van der Waals surface area contributed by atoms with E-state index < -0.39 is 11.7 Å². The molecule has 1 atom stereocenters. The summed E-state index contributed by atoms with van der Waals surface area (Å²) in [5.74, 6) is 0.0409. The van der Waals surface area contributed by atoms with Crippen LogP contribution in [0.25, 0.3) is 0 Å². The molecule has 0 aliphatic heterocycles. The first-order valence-corrected chi connectivity index (χ1v) is 7.14. The largest absolute Gasteiger partial charge is 0.444 e. The average molecular weight is 285 g/mol. The molecule has 1 rings (SSSR count). The van der Waals surface area contributed by atoms with Gasteiger partial charge in [-0.05, 0) is 47.6 Å². The first-order chi connectivity index (χ1) is 9.17. The summed E-state index contributed by atoms with van der Waals surface area (Å²) in [6, 6.07) is 0.443. The van der Waals surface area contributed by atoms with Gasteiger partial charge in [-0.15, -0.1) is 0 Å². The third kappa shape index (κ3) is 7.33. The van der Waals surface area contributed by atoms with Crippen molar-refractivity contribution < 1.29 is 14.3 Å². The molecule has 0 heterocycles. The Morgan fingerprint density at radius 2 is 1.95 bits per heavy atom. The van der Waals surface area contributed by atoms with Crippen LogP contribution in [0.5, 0.6) is 0 Å². The fraction of sp³-hybridized carbons (Fsp3) is 0.857. The number of carbonyl (C=O) groups excluding carboxylic acids is 2. The Bertz CT molecular complexity index is 348. The van der Waals surface area contributed by atoms with E-state index in [1.54, 1.807) is 0 Å². The van der Waals surface area contributed by atoms with Gasteiger partial charge < -0.3 is 15.4 Å². The molecule has 1 aliphatic carbocycles. The average Bonchev–Trinajstić information content (AvgIpc) is 3.06. The highest BCUT2D eigenvalue weighted by atomic mass is 16.6. The van der Waals surface area contributed by atoms with Gasteiger partial charge in [0.2, 0.25) is 5.91 Å². The van der Waals surface area contributed by atoms with E-state index in [2.05, 4.69) is 10.6 Å². The molecule has 0 spiro atoms. The molecule has 2 N–H and O–H groups in total. The number of nitrogens with one attached hydrogen (secondary N) is 2. The van der Waals surface area contributed by atoms with Gasteiger partial charge >= 0.3 is 6.09 Å². The van der Waals surface area contributed by atoms with Crippen LogP contribution in [0.15, 0.2) is 0 Å². The summed E-state index contributed by atoms with van der Waals surface area (Å²) in [5, 5.41) is 5.65. The maximum absolute atomic E-state index is 11.7. The lowest BCUT2D eigenvalue weighted by molar-refractivity contribution is -0.122.